The summed E-state index contributed by atoms with van der Waals surface area (Å²) in [6.07, 6.45) is 0.690. The Labute approximate surface area is 117 Å². The highest BCUT2D eigenvalue weighted by atomic mass is 35.5. The van der Waals surface area contributed by atoms with Crippen LogP contribution in [0, 0.1) is 19.7 Å². The van der Waals surface area contributed by atoms with E-state index in [2.05, 4.69) is 5.32 Å². The van der Waals surface area contributed by atoms with Gasteiger partial charge in [-0.3, -0.25) is 0 Å². The van der Waals surface area contributed by atoms with E-state index in [1.54, 1.807) is 6.07 Å². The molecule has 1 atom stereocenters. The van der Waals surface area contributed by atoms with Crippen molar-refractivity contribution in [3.63, 3.8) is 0 Å². The molecule has 1 aromatic heterocycles. The molecule has 1 aromatic carbocycles. The molecule has 19 heavy (non-hydrogen) atoms. The van der Waals surface area contributed by atoms with Crippen LogP contribution in [0.25, 0.3) is 0 Å². The molecule has 2 aromatic rings. The van der Waals surface area contributed by atoms with E-state index in [0.717, 1.165) is 22.6 Å². The Morgan fingerprint density at radius 3 is 2.58 bits per heavy atom. The zero-order chi connectivity index (χ0) is 14.0. The van der Waals surface area contributed by atoms with Gasteiger partial charge in [-0.2, -0.15) is 0 Å². The fraction of sp³-hybridized carbons (Fsp3) is 0.333. The summed E-state index contributed by atoms with van der Waals surface area (Å²) in [6.45, 7) is 3.87. The van der Waals surface area contributed by atoms with E-state index in [1.165, 1.54) is 12.1 Å². The third kappa shape index (κ3) is 3.17. The molecule has 0 saturated heterocycles. The zero-order valence-corrected chi connectivity index (χ0v) is 12.0. The number of furan rings is 1. The molecular weight excluding hydrogens is 265 g/mol. The molecule has 102 valence electrons. The van der Waals surface area contributed by atoms with Crippen LogP contribution in [-0.2, 0) is 6.42 Å². The van der Waals surface area contributed by atoms with Crippen molar-refractivity contribution < 1.29 is 8.81 Å². The predicted octanol–water partition coefficient (Wildman–Crippen LogP) is 4.19. The first-order valence-corrected chi connectivity index (χ1v) is 6.57. The zero-order valence-electron chi connectivity index (χ0n) is 11.3. The molecule has 0 amide bonds. The average molecular weight is 282 g/mol. The SMILES string of the molecule is CNC(Cc1ccc(F)cc1Cl)c1cc(C)oc1C. The number of rotatable bonds is 4. The van der Waals surface area contributed by atoms with Crippen LogP contribution in [0.4, 0.5) is 4.39 Å². The van der Waals surface area contributed by atoms with Gasteiger partial charge in [0.25, 0.3) is 0 Å². The molecule has 0 aliphatic carbocycles. The fourth-order valence-corrected chi connectivity index (χ4v) is 2.52. The Morgan fingerprint density at radius 2 is 2.05 bits per heavy atom. The van der Waals surface area contributed by atoms with Crippen LogP contribution in [0.3, 0.4) is 0 Å². The summed E-state index contributed by atoms with van der Waals surface area (Å²) in [5, 5.41) is 3.71. The summed E-state index contributed by atoms with van der Waals surface area (Å²) in [4.78, 5) is 0. The van der Waals surface area contributed by atoms with Gasteiger partial charge in [-0.15, -0.1) is 0 Å². The predicted molar refractivity (Wildman–Crippen MR) is 75.1 cm³/mol. The molecule has 0 aliphatic rings. The second kappa shape index (κ2) is 5.76. The number of benzene rings is 1. The lowest BCUT2D eigenvalue weighted by molar-refractivity contribution is 0.490. The monoisotopic (exact) mass is 281 g/mol. The molecule has 0 bridgehead atoms. The van der Waals surface area contributed by atoms with Gasteiger partial charge in [-0.1, -0.05) is 17.7 Å². The summed E-state index contributed by atoms with van der Waals surface area (Å²) >= 11 is 6.07. The van der Waals surface area contributed by atoms with Gasteiger partial charge in [0.2, 0.25) is 0 Å². The molecule has 1 unspecified atom stereocenters. The van der Waals surface area contributed by atoms with Crippen molar-refractivity contribution in [1.82, 2.24) is 5.32 Å². The average Bonchev–Trinajstić information content (AvgIpc) is 2.68. The van der Waals surface area contributed by atoms with Crippen molar-refractivity contribution in [3.8, 4) is 0 Å². The molecule has 2 rings (SSSR count). The highest BCUT2D eigenvalue weighted by molar-refractivity contribution is 6.31. The Kier molecular flexibility index (Phi) is 4.27. The highest BCUT2D eigenvalue weighted by Crippen LogP contribution is 2.27. The minimum absolute atomic E-state index is 0.0976. The molecule has 0 aliphatic heterocycles. The van der Waals surface area contributed by atoms with Crippen molar-refractivity contribution in [2.45, 2.75) is 26.3 Å². The van der Waals surface area contributed by atoms with Crippen LogP contribution in [0.1, 0.15) is 28.7 Å². The van der Waals surface area contributed by atoms with E-state index in [9.17, 15) is 4.39 Å². The molecule has 2 nitrogen and oxygen atoms in total. The maximum atomic E-state index is 13.0. The van der Waals surface area contributed by atoms with Crippen LogP contribution in [0.15, 0.2) is 28.7 Å². The van der Waals surface area contributed by atoms with Gasteiger partial charge in [0.15, 0.2) is 0 Å². The minimum Gasteiger partial charge on any atom is -0.466 e. The Balaban J connectivity index is 2.26. The largest absolute Gasteiger partial charge is 0.466 e. The van der Waals surface area contributed by atoms with Crippen molar-refractivity contribution in [2.24, 2.45) is 0 Å². The third-order valence-electron chi connectivity index (χ3n) is 3.24. The van der Waals surface area contributed by atoms with E-state index >= 15 is 0 Å². The molecule has 0 saturated carbocycles. The van der Waals surface area contributed by atoms with Crippen molar-refractivity contribution in [3.05, 3.63) is 57.8 Å². The lowest BCUT2D eigenvalue weighted by Crippen LogP contribution is -2.19. The number of halogens is 2. The number of aryl methyl sites for hydroxylation is 2. The topological polar surface area (TPSA) is 25.2 Å². The first kappa shape index (κ1) is 14.1. The lowest BCUT2D eigenvalue weighted by atomic mass is 9.99. The summed E-state index contributed by atoms with van der Waals surface area (Å²) in [7, 11) is 1.89. The van der Waals surface area contributed by atoms with Gasteiger partial charge < -0.3 is 9.73 Å². The summed E-state index contributed by atoms with van der Waals surface area (Å²) < 4.78 is 18.6. The van der Waals surface area contributed by atoms with Crippen molar-refractivity contribution in [2.75, 3.05) is 7.05 Å². The van der Waals surface area contributed by atoms with Crippen molar-refractivity contribution in [1.29, 1.82) is 0 Å². The van der Waals surface area contributed by atoms with Gasteiger partial charge in [0, 0.05) is 16.6 Å². The normalized spacial score (nSPS) is 12.7. The van der Waals surface area contributed by atoms with Crippen LogP contribution in [-0.4, -0.2) is 7.05 Å². The Hall–Kier alpha value is -1.32. The third-order valence-corrected chi connectivity index (χ3v) is 3.59. The first-order chi connectivity index (χ1) is 9.01. The van der Waals surface area contributed by atoms with E-state index < -0.39 is 0 Å². The second-order valence-corrected chi connectivity index (χ2v) is 5.06. The molecule has 1 heterocycles. The minimum atomic E-state index is -0.315. The quantitative estimate of drug-likeness (QED) is 0.909. The number of nitrogens with one attached hydrogen (secondary N) is 1. The molecule has 1 N–H and O–H groups in total. The van der Waals surface area contributed by atoms with E-state index in [-0.39, 0.29) is 11.9 Å². The molecule has 4 heteroatoms. The lowest BCUT2D eigenvalue weighted by Gasteiger charge is -2.16. The molecular formula is C15H17ClFNO. The Bertz CT molecular complexity index is 580. The standard InChI is InChI=1S/C15H17ClFNO/c1-9-6-13(10(2)19-9)15(18-3)7-11-4-5-12(17)8-14(11)16/h4-6,8,15,18H,7H2,1-3H3. The van der Waals surface area contributed by atoms with Gasteiger partial charge >= 0.3 is 0 Å². The fourth-order valence-electron chi connectivity index (χ4n) is 2.27. The van der Waals surface area contributed by atoms with Gasteiger partial charge in [-0.05, 0) is 51.1 Å². The summed E-state index contributed by atoms with van der Waals surface area (Å²) in [5.41, 5.74) is 2.03. The molecule has 0 fully saturated rings. The summed E-state index contributed by atoms with van der Waals surface area (Å²) in [5.74, 6) is 1.47. The highest BCUT2D eigenvalue weighted by Gasteiger charge is 2.17. The van der Waals surface area contributed by atoms with Gasteiger partial charge in [0.05, 0.1) is 0 Å². The Morgan fingerprint density at radius 1 is 1.32 bits per heavy atom. The van der Waals surface area contributed by atoms with Crippen LogP contribution < -0.4 is 5.32 Å². The van der Waals surface area contributed by atoms with Gasteiger partial charge in [0.1, 0.15) is 17.3 Å². The van der Waals surface area contributed by atoms with Crippen LogP contribution in [0.2, 0.25) is 5.02 Å². The van der Waals surface area contributed by atoms with E-state index in [4.69, 9.17) is 16.0 Å². The number of hydrogen-bond donors (Lipinski definition) is 1. The second-order valence-electron chi connectivity index (χ2n) is 4.65. The maximum Gasteiger partial charge on any atom is 0.124 e. The van der Waals surface area contributed by atoms with Crippen LogP contribution >= 0.6 is 11.6 Å². The summed E-state index contributed by atoms with van der Waals surface area (Å²) in [6, 6.07) is 6.62. The van der Waals surface area contributed by atoms with Gasteiger partial charge in [-0.25, -0.2) is 4.39 Å². The van der Waals surface area contributed by atoms with E-state index in [0.29, 0.717) is 11.4 Å². The first-order valence-electron chi connectivity index (χ1n) is 6.19. The number of likely N-dealkylation sites (N-methyl/N-ethyl adjacent to an activating group) is 1. The number of hydrogen-bond acceptors (Lipinski definition) is 2. The van der Waals surface area contributed by atoms with E-state index in [1.807, 2.05) is 27.0 Å². The van der Waals surface area contributed by atoms with Crippen molar-refractivity contribution >= 4 is 11.6 Å². The van der Waals surface area contributed by atoms with Crippen LogP contribution in [0.5, 0.6) is 0 Å². The molecule has 0 radical (unpaired) electrons. The molecule has 0 spiro atoms. The smallest absolute Gasteiger partial charge is 0.124 e. The maximum absolute atomic E-state index is 13.0.